The molecule has 0 spiro atoms. The number of aromatic nitrogens is 1. The molecule has 2 aromatic rings. The van der Waals surface area contributed by atoms with Gasteiger partial charge in [0.05, 0.1) is 19.6 Å². The van der Waals surface area contributed by atoms with Crippen LogP contribution in [0.3, 0.4) is 0 Å². The van der Waals surface area contributed by atoms with Gasteiger partial charge in [-0.05, 0) is 23.6 Å². The van der Waals surface area contributed by atoms with Crippen molar-refractivity contribution in [1.29, 1.82) is 0 Å². The maximum Gasteiger partial charge on any atom is 0.224 e. The Bertz CT molecular complexity index is 636. The molecule has 2 unspecified atom stereocenters. The molecule has 0 saturated heterocycles. The first-order chi connectivity index (χ1) is 10.6. The summed E-state index contributed by atoms with van der Waals surface area (Å²) in [6.45, 7) is 4.28. The van der Waals surface area contributed by atoms with Crippen molar-refractivity contribution in [1.82, 2.24) is 10.3 Å². The molecule has 1 aromatic carbocycles. The van der Waals surface area contributed by atoms with Gasteiger partial charge < -0.3 is 20.1 Å². The summed E-state index contributed by atoms with van der Waals surface area (Å²) in [5, 5.41) is 13.6. The zero-order chi connectivity index (χ0) is 16.1. The van der Waals surface area contributed by atoms with Gasteiger partial charge in [-0.3, -0.25) is 4.79 Å². The fraction of sp³-hybridized carbons (Fsp3) is 0.471. The summed E-state index contributed by atoms with van der Waals surface area (Å²) in [5.41, 5.74) is 1.84. The highest BCUT2D eigenvalue weighted by molar-refractivity contribution is 5.93. The number of H-pyrrole nitrogens is 1. The minimum Gasteiger partial charge on any atom is -0.496 e. The Hall–Kier alpha value is -2.01. The number of benzene rings is 1. The van der Waals surface area contributed by atoms with Crippen molar-refractivity contribution >= 4 is 16.8 Å². The molecule has 0 aliphatic carbocycles. The van der Waals surface area contributed by atoms with Crippen LogP contribution in [0.2, 0.25) is 0 Å². The van der Waals surface area contributed by atoms with E-state index in [-0.39, 0.29) is 24.8 Å². The van der Waals surface area contributed by atoms with Gasteiger partial charge in [0.1, 0.15) is 5.75 Å². The van der Waals surface area contributed by atoms with Gasteiger partial charge in [-0.1, -0.05) is 26.3 Å². The Morgan fingerprint density at radius 2 is 2.23 bits per heavy atom. The third kappa shape index (κ3) is 3.60. The van der Waals surface area contributed by atoms with Crippen LogP contribution in [0.4, 0.5) is 0 Å². The summed E-state index contributed by atoms with van der Waals surface area (Å²) in [6.07, 6.45) is 2.47. The van der Waals surface area contributed by atoms with E-state index in [1.807, 2.05) is 38.2 Å². The molecule has 0 bridgehead atoms. The molecular formula is C17H24N2O3. The summed E-state index contributed by atoms with van der Waals surface area (Å²) in [4.78, 5) is 15.2. The minimum atomic E-state index is -0.508. The number of methoxy groups -OCH3 is 1. The molecule has 1 heterocycles. The molecule has 0 radical (unpaired) electrons. The van der Waals surface area contributed by atoms with Gasteiger partial charge in [0, 0.05) is 23.6 Å². The number of hydrogen-bond acceptors (Lipinski definition) is 3. The van der Waals surface area contributed by atoms with Crippen molar-refractivity contribution in [2.45, 2.75) is 32.8 Å². The van der Waals surface area contributed by atoms with Crippen LogP contribution in [0, 0.1) is 5.92 Å². The highest BCUT2D eigenvalue weighted by atomic mass is 16.5. The molecule has 0 fully saturated rings. The summed E-state index contributed by atoms with van der Waals surface area (Å²) in [6, 6.07) is 5.74. The standard InChI is InChI=1S/C17H24N2O3/c1-4-11(2)14(20)10-19-16(21)8-12-9-18-13-6-5-7-15(22-3)17(12)13/h5-7,9,11,14,18,20H,4,8,10H2,1-3H3,(H,19,21). The molecule has 1 aromatic heterocycles. The number of hydrogen-bond donors (Lipinski definition) is 3. The van der Waals surface area contributed by atoms with Crippen LogP contribution < -0.4 is 10.1 Å². The van der Waals surface area contributed by atoms with Crippen molar-refractivity contribution in [3.8, 4) is 5.75 Å². The lowest BCUT2D eigenvalue weighted by molar-refractivity contribution is -0.121. The third-order valence-electron chi connectivity index (χ3n) is 4.13. The largest absolute Gasteiger partial charge is 0.496 e. The second-order valence-corrected chi connectivity index (χ2v) is 5.63. The number of nitrogens with one attached hydrogen (secondary N) is 2. The number of carbonyl (C=O) groups is 1. The van der Waals surface area contributed by atoms with Gasteiger partial charge in [0.2, 0.25) is 5.91 Å². The molecule has 1 amide bonds. The van der Waals surface area contributed by atoms with E-state index in [4.69, 9.17) is 4.74 Å². The number of rotatable bonds is 7. The Morgan fingerprint density at radius 3 is 2.91 bits per heavy atom. The second-order valence-electron chi connectivity index (χ2n) is 5.63. The predicted octanol–water partition coefficient (Wildman–Crippen LogP) is 2.24. The average Bonchev–Trinajstić information content (AvgIpc) is 2.94. The average molecular weight is 304 g/mol. The molecule has 120 valence electrons. The van der Waals surface area contributed by atoms with Crippen LogP contribution >= 0.6 is 0 Å². The first-order valence-corrected chi connectivity index (χ1v) is 7.64. The van der Waals surface area contributed by atoms with E-state index in [2.05, 4.69) is 10.3 Å². The lowest BCUT2D eigenvalue weighted by atomic mass is 10.0. The zero-order valence-corrected chi connectivity index (χ0v) is 13.3. The molecule has 0 saturated carbocycles. The third-order valence-corrected chi connectivity index (χ3v) is 4.13. The van der Waals surface area contributed by atoms with Crippen LogP contribution in [0.1, 0.15) is 25.8 Å². The van der Waals surface area contributed by atoms with Crippen LogP contribution in [0.5, 0.6) is 5.75 Å². The number of ether oxygens (including phenoxy) is 1. The maximum absolute atomic E-state index is 12.1. The topological polar surface area (TPSA) is 74.4 Å². The summed E-state index contributed by atoms with van der Waals surface area (Å²) in [5.74, 6) is 0.823. The van der Waals surface area contributed by atoms with E-state index < -0.39 is 6.10 Å². The number of amides is 1. The van der Waals surface area contributed by atoms with E-state index in [1.54, 1.807) is 7.11 Å². The summed E-state index contributed by atoms with van der Waals surface area (Å²) >= 11 is 0. The monoisotopic (exact) mass is 304 g/mol. The number of fused-ring (bicyclic) bond motifs is 1. The zero-order valence-electron chi connectivity index (χ0n) is 13.3. The van der Waals surface area contributed by atoms with Crippen LogP contribution in [0.15, 0.2) is 24.4 Å². The number of carbonyl (C=O) groups excluding carboxylic acids is 1. The molecule has 5 nitrogen and oxygen atoms in total. The van der Waals surface area contributed by atoms with Crippen molar-refractivity contribution in [3.05, 3.63) is 30.0 Å². The van der Waals surface area contributed by atoms with Crippen LogP contribution in [-0.4, -0.2) is 35.8 Å². The number of aliphatic hydroxyl groups is 1. The van der Waals surface area contributed by atoms with Gasteiger partial charge in [-0.2, -0.15) is 0 Å². The molecule has 22 heavy (non-hydrogen) atoms. The lowest BCUT2D eigenvalue weighted by Gasteiger charge is -2.17. The van der Waals surface area contributed by atoms with E-state index in [0.717, 1.165) is 28.6 Å². The number of aliphatic hydroxyl groups excluding tert-OH is 1. The quantitative estimate of drug-likeness (QED) is 0.734. The highest BCUT2D eigenvalue weighted by Crippen LogP contribution is 2.28. The van der Waals surface area contributed by atoms with Crippen LogP contribution in [-0.2, 0) is 11.2 Å². The Balaban J connectivity index is 2.03. The number of aromatic amines is 1. The second kappa shape index (κ2) is 7.31. The molecule has 0 aliphatic rings. The molecular weight excluding hydrogens is 280 g/mol. The molecule has 2 rings (SSSR count). The van der Waals surface area contributed by atoms with Crippen LogP contribution in [0.25, 0.3) is 10.9 Å². The van der Waals surface area contributed by atoms with Crippen molar-refractivity contribution in [2.75, 3.05) is 13.7 Å². The Kier molecular flexibility index (Phi) is 5.44. The normalized spacial score (nSPS) is 13.8. The SMILES string of the molecule is CCC(C)C(O)CNC(=O)Cc1c[nH]c2cccc(OC)c12. The Labute approximate surface area is 130 Å². The maximum atomic E-state index is 12.1. The molecule has 0 aliphatic heterocycles. The van der Waals surface area contributed by atoms with E-state index >= 15 is 0 Å². The minimum absolute atomic E-state index is 0.103. The van der Waals surface area contributed by atoms with Crippen molar-refractivity contribution < 1.29 is 14.6 Å². The predicted molar refractivity (Wildman–Crippen MR) is 87.0 cm³/mol. The first kappa shape index (κ1) is 16.4. The smallest absolute Gasteiger partial charge is 0.224 e. The first-order valence-electron chi connectivity index (χ1n) is 7.64. The lowest BCUT2D eigenvalue weighted by Crippen LogP contribution is -2.36. The van der Waals surface area contributed by atoms with Gasteiger partial charge in [-0.25, -0.2) is 0 Å². The Morgan fingerprint density at radius 1 is 1.45 bits per heavy atom. The highest BCUT2D eigenvalue weighted by Gasteiger charge is 2.15. The molecule has 2 atom stereocenters. The van der Waals surface area contributed by atoms with Crippen molar-refractivity contribution in [3.63, 3.8) is 0 Å². The van der Waals surface area contributed by atoms with Gasteiger partial charge >= 0.3 is 0 Å². The van der Waals surface area contributed by atoms with Crippen molar-refractivity contribution in [2.24, 2.45) is 5.92 Å². The summed E-state index contributed by atoms with van der Waals surface area (Å²) < 4.78 is 5.36. The van der Waals surface area contributed by atoms with E-state index in [0.29, 0.717) is 0 Å². The van der Waals surface area contributed by atoms with E-state index in [9.17, 15) is 9.90 Å². The molecule has 5 heteroatoms. The van der Waals surface area contributed by atoms with Gasteiger partial charge in [0.15, 0.2) is 0 Å². The van der Waals surface area contributed by atoms with Gasteiger partial charge in [-0.15, -0.1) is 0 Å². The van der Waals surface area contributed by atoms with Gasteiger partial charge in [0.25, 0.3) is 0 Å². The fourth-order valence-electron chi connectivity index (χ4n) is 2.46. The summed E-state index contributed by atoms with van der Waals surface area (Å²) in [7, 11) is 1.62. The van der Waals surface area contributed by atoms with E-state index in [1.165, 1.54) is 0 Å². The molecule has 3 N–H and O–H groups in total. The fourth-order valence-corrected chi connectivity index (χ4v) is 2.46.